The predicted molar refractivity (Wildman–Crippen MR) is 109 cm³/mol. The monoisotopic (exact) mass is 384 g/mol. The zero-order valence-corrected chi connectivity index (χ0v) is 16.8. The first-order valence-corrected chi connectivity index (χ1v) is 10.8. The largest absolute Gasteiger partial charge is 0.372 e. The lowest BCUT2D eigenvalue weighted by atomic mass is 9.92. The number of aryl methyl sites for hydroxylation is 1. The maximum atomic E-state index is 13.0. The van der Waals surface area contributed by atoms with Crippen LogP contribution in [0, 0.1) is 6.92 Å². The average molecular weight is 385 g/mol. The lowest BCUT2D eigenvalue weighted by molar-refractivity contribution is -0.117. The number of carbonyl (C=O) groups excluding carboxylic acids is 1. The molecule has 0 radical (unpaired) electrons. The summed E-state index contributed by atoms with van der Waals surface area (Å²) in [6.45, 7) is 7.37. The summed E-state index contributed by atoms with van der Waals surface area (Å²) in [6, 6.07) is 12.2. The van der Waals surface area contributed by atoms with E-state index in [0.717, 1.165) is 69.7 Å². The Morgan fingerprint density at radius 1 is 1.15 bits per heavy atom. The molecule has 1 amide bonds. The van der Waals surface area contributed by atoms with E-state index >= 15 is 0 Å². The molecule has 1 aromatic heterocycles. The molecule has 3 heterocycles. The van der Waals surface area contributed by atoms with Gasteiger partial charge in [0.25, 0.3) is 5.91 Å². The minimum absolute atomic E-state index is 0.101. The molecule has 2 aromatic rings. The molecule has 27 heavy (non-hydrogen) atoms. The smallest absolute Gasteiger partial charge is 0.254 e. The second kappa shape index (κ2) is 8.13. The van der Waals surface area contributed by atoms with Crippen molar-refractivity contribution in [3.8, 4) is 0 Å². The van der Waals surface area contributed by atoms with Crippen molar-refractivity contribution in [3.63, 3.8) is 0 Å². The minimum atomic E-state index is -0.101. The van der Waals surface area contributed by atoms with Crippen molar-refractivity contribution in [2.45, 2.75) is 38.3 Å². The van der Waals surface area contributed by atoms with Crippen molar-refractivity contribution < 1.29 is 9.53 Å². The van der Waals surface area contributed by atoms with Gasteiger partial charge in [-0.2, -0.15) is 0 Å². The highest BCUT2D eigenvalue weighted by Gasteiger charge is 2.39. The van der Waals surface area contributed by atoms with Crippen LogP contribution in [0.25, 0.3) is 0 Å². The second-order valence-corrected chi connectivity index (χ2v) is 8.81. The molecule has 1 atom stereocenters. The van der Waals surface area contributed by atoms with Crippen molar-refractivity contribution in [2.24, 2.45) is 0 Å². The third kappa shape index (κ3) is 4.26. The Labute approximate surface area is 165 Å². The van der Waals surface area contributed by atoms with E-state index < -0.39 is 0 Å². The normalized spacial score (nSPS) is 24.1. The SMILES string of the molecule is Cc1ccccc1C(=O)N1CCCC2(CC1)CN(Cc1cccs1)CCO2. The molecule has 2 saturated heterocycles. The van der Waals surface area contributed by atoms with Gasteiger partial charge in [0, 0.05) is 43.2 Å². The number of hydrogen-bond acceptors (Lipinski definition) is 4. The molecule has 0 N–H and O–H groups in total. The molecule has 1 unspecified atom stereocenters. The number of benzene rings is 1. The Hall–Kier alpha value is -1.69. The van der Waals surface area contributed by atoms with Crippen LogP contribution in [-0.4, -0.2) is 54.1 Å². The van der Waals surface area contributed by atoms with Gasteiger partial charge in [0.05, 0.1) is 12.2 Å². The Morgan fingerprint density at radius 3 is 2.85 bits per heavy atom. The Morgan fingerprint density at radius 2 is 2.04 bits per heavy atom. The minimum Gasteiger partial charge on any atom is -0.372 e. The Kier molecular flexibility index (Phi) is 5.62. The zero-order chi connectivity index (χ0) is 18.7. The van der Waals surface area contributed by atoms with Gasteiger partial charge in [-0.15, -0.1) is 11.3 Å². The number of morpholine rings is 1. The number of nitrogens with zero attached hydrogens (tertiary/aromatic N) is 2. The quantitative estimate of drug-likeness (QED) is 0.803. The number of hydrogen-bond donors (Lipinski definition) is 0. The van der Waals surface area contributed by atoms with E-state index in [9.17, 15) is 4.79 Å². The summed E-state index contributed by atoms with van der Waals surface area (Å²) >= 11 is 1.82. The van der Waals surface area contributed by atoms with Crippen molar-refractivity contribution in [3.05, 3.63) is 57.8 Å². The molecule has 144 valence electrons. The van der Waals surface area contributed by atoms with Crippen LogP contribution in [0.15, 0.2) is 41.8 Å². The first-order chi connectivity index (χ1) is 13.2. The van der Waals surface area contributed by atoms with E-state index in [4.69, 9.17) is 4.74 Å². The Balaban J connectivity index is 1.41. The first kappa shape index (κ1) is 18.7. The molecule has 1 aromatic carbocycles. The van der Waals surface area contributed by atoms with Gasteiger partial charge in [-0.3, -0.25) is 9.69 Å². The topological polar surface area (TPSA) is 32.8 Å². The van der Waals surface area contributed by atoms with E-state index in [1.54, 1.807) is 0 Å². The third-order valence-electron chi connectivity index (χ3n) is 5.85. The van der Waals surface area contributed by atoms with Crippen LogP contribution in [0.2, 0.25) is 0 Å². The predicted octanol–water partition coefficient (Wildman–Crippen LogP) is 3.95. The van der Waals surface area contributed by atoms with Gasteiger partial charge < -0.3 is 9.64 Å². The van der Waals surface area contributed by atoms with Crippen LogP contribution < -0.4 is 0 Å². The van der Waals surface area contributed by atoms with Crippen molar-refractivity contribution in [2.75, 3.05) is 32.8 Å². The summed E-state index contributed by atoms with van der Waals surface area (Å²) in [5.74, 6) is 0.163. The Bertz CT molecular complexity index is 776. The number of likely N-dealkylation sites (tertiary alicyclic amines) is 1. The molecule has 5 heteroatoms. The van der Waals surface area contributed by atoms with Gasteiger partial charge in [0.15, 0.2) is 0 Å². The van der Waals surface area contributed by atoms with Crippen LogP contribution >= 0.6 is 11.3 Å². The molecule has 2 aliphatic rings. The maximum Gasteiger partial charge on any atom is 0.254 e. The van der Waals surface area contributed by atoms with E-state index in [-0.39, 0.29) is 11.5 Å². The van der Waals surface area contributed by atoms with Gasteiger partial charge in [0.2, 0.25) is 0 Å². The molecule has 1 spiro atoms. The van der Waals surface area contributed by atoms with E-state index in [1.165, 1.54) is 4.88 Å². The van der Waals surface area contributed by atoms with Gasteiger partial charge in [-0.1, -0.05) is 24.3 Å². The molecule has 2 fully saturated rings. The molecule has 0 saturated carbocycles. The van der Waals surface area contributed by atoms with Gasteiger partial charge in [-0.05, 0) is 49.3 Å². The molecule has 0 bridgehead atoms. The lowest BCUT2D eigenvalue weighted by Crippen LogP contribution is -2.51. The maximum absolute atomic E-state index is 13.0. The highest BCUT2D eigenvalue weighted by molar-refractivity contribution is 7.09. The van der Waals surface area contributed by atoms with Crippen molar-refractivity contribution in [1.29, 1.82) is 0 Å². The van der Waals surface area contributed by atoms with Gasteiger partial charge >= 0.3 is 0 Å². The van der Waals surface area contributed by atoms with Gasteiger partial charge in [-0.25, -0.2) is 0 Å². The molecule has 0 aliphatic carbocycles. The summed E-state index contributed by atoms with van der Waals surface area (Å²) in [5, 5.41) is 2.15. The fraction of sp³-hybridized carbons (Fsp3) is 0.500. The third-order valence-corrected chi connectivity index (χ3v) is 6.71. The summed E-state index contributed by atoms with van der Waals surface area (Å²) in [7, 11) is 0. The van der Waals surface area contributed by atoms with Crippen LogP contribution in [0.4, 0.5) is 0 Å². The molecule has 2 aliphatic heterocycles. The number of rotatable bonds is 3. The molecular formula is C22H28N2O2S. The van der Waals surface area contributed by atoms with E-state index in [2.05, 4.69) is 22.4 Å². The zero-order valence-electron chi connectivity index (χ0n) is 16.0. The molecule has 4 rings (SSSR count). The first-order valence-electron chi connectivity index (χ1n) is 9.89. The number of ether oxygens (including phenoxy) is 1. The number of carbonyl (C=O) groups is 1. The van der Waals surface area contributed by atoms with Gasteiger partial charge in [0.1, 0.15) is 0 Å². The van der Waals surface area contributed by atoms with Crippen molar-refractivity contribution in [1.82, 2.24) is 9.80 Å². The average Bonchev–Trinajstić information content (AvgIpc) is 3.09. The highest BCUT2D eigenvalue weighted by atomic mass is 32.1. The van der Waals surface area contributed by atoms with Crippen molar-refractivity contribution >= 4 is 17.2 Å². The summed E-state index contributed by atoms with van der Waals surface area (Å²) in [4.78, 5) is 19.0. The van der Waals surface area contributed by atoms with Crippen LogP contribution in [0.1, 0.15) is 40.1 Å². The summed E-state index contributed by atoms with van der Waals surface area (Å²) in [6.07, 6.45) is 2.96. The highest BCUT2D eigenvalue weighted by Crippen LogP contribution is 2.31. The fourth-order valence-corrected chi connectivity index (χ4v) is 5.08. The summed E-state index contributed by atoms with van der Waals surface area (Å²) in [5.41, 5.74) is 1.78. The van der Waals surface area contributed by atoms with E-state index in [1.807, 2.05) is 47.4 Å². The van der Waals surface area contributed by atoms with Crippen LogP contribution in [0.5, 0.6) is 0 Å². The van der Waals surface area contributed by atoms with E-state index in [0.29, 0.717) is 0 Å². The lowest BCUT2D eigenvalue weighted by Gasteiger charge is -2.42. The standard InChI is InChI=1S/C22H28N2O2S/c1-18-6-2-3-8-20(18)21(25)24-11-5-9-22(10-12-24)17-23(13-14-26-22)16-19-7-4-15-27-19/h2-4,6-8,15H,5,9-14,16-17H2,1H3. The fourth-order valence-electron chi connectivity index (χ4n) is 4.34. The van der Waals surface area contributed by atoms with Crippen LogP contribution in [0.3, 0.4) is 0 Å². The number of thiophene rings is 1. The summed E-state index contributed by atoms with van der Waals surface area (Å²) < 4.78 is 6.32. The number of amides is 1. The second-order valence-electron chi connectivity index (χ2n) is 7.78. The molecule has 4 nitrogen and oxygen atoms in total. The van der Waals surface area contributed by atoms with Crippen LogP contribution in [-0.2, 0) is 11.3 Å². The molecular weight excluding hydrogens is 356 g/mol.